The molecular formula is C19H22N4O4. The second-order valence-electron chi connectivity index (χ2n) is 6.13. The number of piperazine rings is 1. The van der Waals surface area contributed by atoms with Crippen LogP contribution in [0.2, 0.25) is 0 Å². The van der Waals surface area contributed by atoms with Crippen molar-refractivity contribution < 1.29 is 19.1 Å². The second kappa shape index (κ2) is 8.48. The van der Waals surface area contributed by atoms with Crippen LogP contribution >= 0.6 is 0 Å². The van der Waals surface area contributed by atoms with Crippen LogP contribution in [0.25, 0.3) is 0 Å². The summed E-state index contributed by atoms with van der Waals surface area (Å²) >= 11 is 0. The Balaban J connectivity index is 1.56. The topological polar surface area (TPSA) is 84.9 Å². The highest BCUT2D eigenvalue weighted by molar-refractivity contribution is 5.92. The number of benzene rings is 1. The molecule has 2 amide bonds. The molecule has 0 unspecified atom stereocenters. The molecule has 8 nitrogen and oxygen atoms in total. The van der Waals surface area contributed by atoms with E-state index in [4.69, 9.17) is 9.47 Å². The molecule has 1 saturated heterocycles. The molecule has 1 aromatic carbocycles. The first-order chi connectivity index (χ1) is 13.1. The fourth-order valence-corrected chi connectivity index (χ4v) is 3.01. The maximum absolute atomic E-state index is 12.6. The number of hydrogen-bond acceptors (Lipinski definition) is 6. The largest absolute Gasteiger partial charge is 0.493 e. The van der Waals surface area contributed by atoms with Gasteiger partial charge in [-0.15, -0.1) is 0 Å². The van der Waals surface area contributed by atoms with E-state index in [0.29, 0.717) is 43.4 Å². The summed E-state index contributed by atoms with van der Waals surface area (Å²) in [6.07, 6.45) is 4.76. The van der Waals surface area contributed by atoms with E-state index in [-0.39, 0.29) is 18.2 Å². The molecule has 1 aliphatic rings. The van der Waals surface area contributed by atoms with Crippen LogP contribution in [0.3, 0.4) is 0 Å². The van der Waals surface area contributed by atoms with Crippen LogP contribution < -0.4 is 9.47 Å². The van der Waals surface area contributed by atoms with Gasteiger partial charge in [0.25, 0.3) is 5.91 Å². The first kappa shape index (κ1) is 18.6. The molecule has 0 aliphatic carbocycles. The number of hydrogen-bond donors (Lipinski definition) is 0. The van der Waals surface area contributed by atoms with E-state index in [0.717, 1.165) is 5.56 Å². The van der Waals surface area contributed by atoms with Gasteiger partial charge in [0.2, 0.25) is 5.91 Å². The van der Waals surface area contributed by atoms with Gasteiger partial charge in [-0.1, -0.05) is 6.07 Å². The Hall–Kier alpha value is -3.16. The molecule has 0 atom stereocenters. The van der Waals surface area contributed by atoms with Crippen LogP contribution in [0.4, 0.5) is 0 Å². The molecule has 3 rings (SSSR count). The predicted octanol–water partition coefficient (Wildman–Crippen LogP) is 1.02. The van der Waals surface area contributed by atoms with E-state index in [1.165, 1.54) is 18.6 Å². The Morgan fingerprint density at radius 2 is 1.70 bits per heavy atom. The highest BCUT2D eigenvalue weighted by Crippen LogP contribution is 2.27. The minimum Gasteiger partial charge on any atom is -0.493 e. The Morgan fingerprint density at radius 3 is 2.33 bits per heavy atom. The van der Waals surface area contributed by atoms with Crippen molar-refractivity contribution in [3.8, 4) is 11.5 Å². The molecule has 8 heteroatoms. The van der Waals surface area contributed by atoms with Crippen molar-refractivity contribution in [2.24, 2.45) is 0 Å². The first-order valence-corrected chi connectivity index (χ1v) is 8.66. The van der Waals surface area contributed by atoms with Crippen LogP contribution in [0.5, 0.6) is 11.5 Å². The van der Waals surface area contributed by atoms with E-state index in [9.17, 15) is 9.59 Å². The third kappa shape index (κ3) is 4.33. The van der Waals surface area contributed by atoms with Crippen molar-refractivity contribution in [3.63, 3.8) is 0 Å². The summed E-state index contributed by atoms with van der Waals surface area (Å²) in [6, 6.07) is 5.45. The van der Waals surface area contributed by atoms with Crippen molar-refractivity contribution in [2.45, 2.75) is 6.42 Å². The zero-order chi connectivity index (χ0) is 19.2. The van der Waals surface area contributed by atoms with Crippen molar-refractivity contribution in [3.05, 3.63) is 48.0 Å². The number of ether oxygens (including phenoxy) is 2. The average molecular weight is 370 g/mol. The number of nitrogens with zero attached hydrogens (tertiary/aromatic N) is 4. The van der Waals surface area contributed by atoms with Gasteiger partial charge in [0.1, 0.15) is 5.69 Å². The molecule has 1 aliphatic heterocycles. The van der Waals surface area contributed by atoms with Crippen molar-refractivity contribution in [2.75, 3.05) is 40.4 Å². The zero-order valence-electron chi connectivity index (χ0n) is 15.4. The highest BCUT2D eigenvalue weighted by Gasteiger charge is 2.25. The monoisotopic (exact) mass is 370 g/mol. The maximum Gasteiger partial charge on any atom is 0.274 e. The fraction of sp³-hybridized carbons (Fsp3) is 0.368. The smallest absolute Gasteiger partial charge is 0.274 e. The summed E-state index contributed by atoms with van der Waals surface area (Å²) in [4.78, 5) is 36.4. The molecule has 0 N–H and O–H groups in total. The van der Waals surface area contributed by atoms with E-state index in [2.05, 4.69) is 9.97 Å². The van der Waals surface area contributed by atoms with Crippen LogP contribution in [0, 0.1) is 0 Å². The van der Waals surface area contributed by atoms with Crippen molar-refractivity contribution in [1.29, 1.82) is 0 Å². The molecule has 2 heterocycles. The summed E-state index contributed by atoms with van der Waals surface area (Å²) in [5.41, 5.74) is 1.18. The van der Waals surface area contributed by atoms with Crippen LogP contribution in [0.1, 0.15) is 16.1 Å². The molecule has 0 bridgehead atoms. The minimum absolute atomic E-state index is 0.0221. The summed E-state index contributed by atoms with van der Waals surface area (Å²) in [5, 5.41) is 0. The summed E-state index contributed by atoms with van der Waals surface area (Å²) < 4.78 is 10.5. The van der Waals surface area contributed by atoms with Gasteiger partial charge in [-0.3, -0.25) is 14.6 Å². The molecular weight excluding hydrogens is 348 g/mol. The van der Waals surface area contributed by atoms with Gasteiger partial charge in [0.15, 0.2) is 11.5 Å². The number of methoxy groups -OCH3 is 2. The molecule has 142 valence electrons. The predicted molar refractivity (Wildman–Crippen MR) is 97.8 cm³/mol. The maximum atomic E-state index is 12.6. The number of rotatable bonds is 5. The minimum atomic E-state index is -0.157. The lowest BCUT2D eigenvalue weighted by atomic mass is 10.1. The van der Waals surface area contributed by atoms with Gasteiger partial charge in [-0.05, 0) is 17.7 Å². The summed E-state index contributed by atoms with van der Waals surface area (Å²) in [7, 11) is 3.14. The second-order valence-corrected chi connectivity index (χ2v) is 6.13. The molecule has 2 aromatic rings. The van der Waals surface area contributed by atoms with Crippen LogP contribution in [-0.4, -0.2) is 72.0 Å². The van der Waals surface area contributed by atoms with Gasteiger partial charge in [-0.2, -0.15) is 0 Å². The zero-order valence-corrected chi connectivity index (χ0v) is 15.4. The third-order valence-electron chi connectivity index (χ3n) is 4.51. The lowest BCUT2D eigenvalue weighted by molar-refractivity contribution is -0.131. The standard InChI is InChI=1S/C19H22N4O4/c1-26-16-4-3-14(11-17(16)27-2)12-18(24)22-7-9-23(10-8-22)19(25)15-13-20-5-6-21-15/h3-6,11,13H,7-10,12H2,1-2H3. The highest BCUT2D eigenvalue weighted by atomic mass is 16.5. The van der Waals surface area contributed by atoms with Crippen molar-refractivity contribution in [1.82, 2.24) is 19.8 Å². The summed E-state index contributed by atoms with van der Waals surface area (Å²) in [5.74, 6) is 1.09. The van der Waals surface area contributed by atoms with Gasteiger partial charge >= 0.3 is 0 Å². The average Bonchev–Trinajstić information content (AvgIpc) is 2.73. The number of carbonyl (C=O) groups is 2. The van der Waals surface area contributed by atoms with Crippen molar-refractivity contribution >= 4 is 11.8 Å². The van der Waals surface area contributed by atoms with E-state index < -0.39 is 0 Å². The van der Waals surface area contributed by atoms with Gasteiger partial charge in [-0.25, -0.2) is 4.98 Å². The Kier molecular flexibility index (Phi) is 5.85. The normalized spacial score (nSPS) is 14.0. The van der Waals surface area contributed by atoms with Crippen LogP contribution in [0.15, 0.2) is 36.8 Å². The number of carbonyl (C=O) groups excluding carboxylic acids is 2. The third-order valence-corrected chi connectivity index (χ3v) is 4.51. The Morgan fingerprint density at radius 1 is 1.00 bits per heavy atom. The van der Waals surface area contributed by atoms with Gasteiger partial charge in [0, 0.05) is 38.6 Å². The van der Waals surface area contributed by atoms with E-state index >= 15 is 0 Å². The fourth-order valence-electron chi connectivity index (χ4n) is 3.01. The first-order valence-electron chi connectivity index (χ1n) is 8.66. The quantitative estimate of drug-likeness (QED) is 0.781. The SMILES string of the molecule is COc1ccc(CC(=O)N2CCN(C(=O)c3cnccn3)CC2)cc1OC. The molecule has 1 fully saturated rings. The van der Waals surface area contributed by atoms with Gasteiger partial charge < -0.3 is 19.3 Å². The van der Waals surface area contributed by atoms with E-state index in [1.54, 1.807) is 30.1 Å². The lowest BCUT2D eigenvalue weighted by Gasteiger charge is -2.34. The molecule has 0 radical (unpaired) electrons. The molecule has 0 spiro atoms. The van der Waals surface area contributed by atoms with Crippen LogP contribution in [-0.2, 0) is 11.2 Å². The lowest BCUT2D eigenvalue weighted by Crippen LogP contribution is -2.51. The Labute approximate surface area is 157 Å². The van der Waals surface area contributed by atoms with Gasteiger partial charge in [0.05, 0.1) is 26.8 Å². The summed E-state index contributed by atoms with van der Waals surface area (Å²) in [6.45, 7) is 1.95. The molecule has 27 heavy (non-hydrogen) atoms. The number of amides is 2. The number of aromatic nitrogens is 2. The molecule has 0 saturated carbocycles. The molecule has 1 aromatic heterocycles. The Bertz CT molecular complexity index is 805. The van der Waals surface area contributed by atoms with E-state index in [1.807, 2.05) is 12.1 Å².